The molecule has 0 radical (unpaired) electrons. The van der Waals surface area contributed by atoms with Gasteiger partial charge in [-0.1, -0.05) is 30.3 Å². The van der Waals surface area contributed by atoms with Gasteiger partial charge in [0.2, 0.25) is 0 Å². The Labute approximate surface area is 163 Å². The summed E-state index contributed by atoms with van der Waals surface area (Å²) < 4.78 is 0. The molecule has 3 aromatic rings. The summed E-state index contributed by atoms with van der Waals surface area (Å²) in [5.41, 5.74) is 2.27. The molecule has 1 fully saturated rings. The third kappa shape index (κ3) is 3.24. The zero-order valence-electron chi connectivity index (χ0n) is 15.2. The smallest absolute Gasteiger partial charge is 0.147 e. The predicted octanol–water partition coefficient (Wildman–Crippen LogP) is 3.29. The van der Waals surface area contributed by atoms with Gasteiger partial charge in [0, 0.05) is 32.0 Å². The molecule has 0 bridgehead atoms. The molecule has 0 saturated carbocycles. The van der Waals surface area contributed by atoms with Gasteiger partial charge in [0.25, 0.3) is 0 Å². The van der Waals surface area contributed by atoms with Crippen LogP contribution in [0.3, 0.4) is 0 Å². The van der Waals surface area contributed by atoms with Crippen molar-refractivity contribution in [2.75, 3.05) is 29.4 Å². The second-order valence-electron chi connectivity index (χ2n) is 6.54. The summed E-state index contributed by atoms with van der Waals surface area (Å²) in [6, 6.07) is 21.8. The fraction of sp³-hybridized carbons (Fsp3) is 0.182. The van der Waals surface area contributed by atoms with E-state index in [9.17, 15) is 10.5 Å². The monoisotopic (exact) mass is 366 g/mol. The number of pyridine rings is 2. The fourth-order valence-corrected chi connectivity index (χ4v) is 3.64. The van der Waals surface area contributed by atoms with Gasteiger partial charge in [0.1, 0.15) is 23.8 Å². The highest BCUT2D eigenvalue weighted by molar-refractivity contribution is 5.59. The zero-order valence-corrected chi connectivity index (χ0v) is 15.2. The number of nitrogens with zero attached hydrogens (tertiary/aromatic N) is 6. The number of anilines is 2. The topological polar surface area (TPSA) is 79.8 Å². The van der Waals surface area contributed by atoms with Gasteiger partial charge in [-0.3, -0.25) is 0 Å². The maximum absolute atomic E-state index is 9.53. The molecule has 6 nitrogen and oxygen atoms in total. The first-order valence-electron chi connectivity index (χ1n) is 9.08. The molecule has 4 rings (SSSR count). The Hall–Kier alpha value is -3.90. The predicted molar refractivity (Wildman–Crippen MR) is 107 cm³/mol. The van der Waals surface area contributed by atoms with Crippen LogP contribution in [0.1, 0.15) is 22.7 Å². The fourth-order valence-electron chi connectivity index (χ4n) is 3.64. The van der Waals surface area contributed by atoms with E-state index in [-0.39, 0.29) is 6.04 Å². The molecule has 0 N–H and O–H groups in total. The minimum Gasteiger partial charge on any atom is -0.351 e. The number of benzene rings is 1. The van der Waals surface area contributed by atoms with Crippen molar-refractivity contribution in [3.8, 4) is 12.1 Å². The van der Waals surface area contributed by atoms with Gasteiger partial charge in [-0.25, -0.2) is 9.97 Å². The molecule has 1 aliphatic rings. The van der Waals surface area contributed by atoms with Crippen LogP contribution in [0.25, 0.3) is 0 Å². The number of piperazine rings is 1. The Morgan fingerprint density at radius 3 is 2.11 bits per heavy atom. The van der Waals surface area contributed by atoms with Crippen molar-refractivity contribution in [3.05, 3.63) is 83.7 Å². The lowest BCUT2D eigenvalue weighted by molar-refractivity contribution is 0.530. The molecule has 0 spiro atoms. The number of nitriles is 2. The summed E-state index contributed by atoms with van der Waals surface area (Å²) >= 11 is 0. The van der Waals surface area contributed by atoms with E-state index in [0.29, 0.717) is 42.4 Å². The lowest BCUT2D eigenvalue weighted by Crippen LogP contribution is -2.49. The molecule has 1 aromatic carbocycles. The van der Waals surface area contributed by atoms with Gasteiger partial charge in [0.15, 0.2) is 0 Å². The molecular weight excluding hydrogens is 348 g/mol. The van der Waals surface area contributed by atoms with Crippen LogP contribution < -0.4 is 9.80 Å². The van der Waals surface area contributed by atoms with E-state index in [1.54, 1.807) is 36.7 Å². The number of rotatable bonds is 3. The van der Waals surface area contributed by atoms with E-state index < -0.39 is 0 Å². The van der Waals surface area contributed by atoms with Crippen molar-refractivity contribution in [1.82, 2.24) is 9.97 Å². The molecule has 0 amide bonds. The summed E-state index contributed by atoms with van der Waals surface area (Å²) in [6.07, 6.45) is 3.43. The van der Waals surface area contributed by atoms with E-state index in [4.69, 9.17) is 0 Å². The average molecular weight is 366 g/mol. The van der Waals surface area contributed by atoms with Crippen LogP contribution in [0.5, 0.6) is 0 Å². The summed E-state index contributed by atoms with van der Waals surface area (Å²) in [5, 5.41) is 19.0. The van der Waals surface area contributed by atoms with Crippen molar-refractivity contribution in [2.45, 2.75) is 6.04 Å². The molecule has 3 heterocycles. The van der Waals surface area contributed by atoms with Gasteiger partial charge in [-0.05, 0) is 29.8 Å². The first-order valence-corrected chi connectivity index (χ1v) is 9.08. The second kappa shape index (κ2) is 7.77. The standard InChI is InChI=1S/C22H18N6/c23-14-18-8-4-10-25-21(18)27-12-13-28(22-19(15-24)9-5-11-26-22)20(16-27)17-6-2-1-3-7-17/h1-11,20H,12-13,16H2. The SMILES string of the molecule is N#Cc1cccnc1N1CCN(c2ncccc2C#N)C(c2ccccc2)C1. The minimum absolute atomic E-state index is 0.00880. The average Bonchev–Trinajstić information content (AvgIpc) is 2.79. The Kier molecular flexibility index (Phi) is 4.86. The minimum atomic E-state index is -0.00880. The van der Waals surface area contributed by atoms with Gasteiger partial charge in [-0.15, -0.1) is 0 Å². The van der Waals surface area contributed by atoms with Crippen molar-refractivity contribution in [2.24, 2.45) is 0 Å². The first kappa shape index (κ1) is 17.5. The van der Waals surface area contributed by atoms with E-state index in [1.165, 1.54) is 0 Å². The molecule has 1 unspecified atom stereocenters. The van der Waals surface area contributed by atoms with Gasteiger partial charge < -0.3 is 9.80 Å². The van der Waals surface area contributed by atoms with Crippen LogP contribution in [0.4, 0.5) is 11.6 Å². The summed E-state index contributed by atoms with van der Waals surface area (Å²) in [7, 11) is 0. The lowest BCUT2D eigenvalue weighted by Gasteiger charge is -2.43. The molecular formula is C22H18N6. The Morgan fingerprint density at radius 2 is 1.43 bits per heavy atom. The van der Waals surface area contributed by atoms with Crippen LogP contribution >= 0.6 is 0 Å². The highest BCUT2D eigenvalue weighted by atomic mass is 15.3. The van der Waals surface area contributed by atoms with Crippen LogP contribution in [-0.2, 0) is 0 Å². The van der Waals surface area contributed by atoms with Crippen LogP contribution in [0.2, 0.25) is 0 Å². The summed E-state index contributed by atoms with van der Waals surface area (Å²) in [5.74, 6) is 1.40. The van der Waals surface area contributed by atoms with Gasteiger partial charge in [-0.2, -0.15) is 10.5 Å². The second-order valence-corrected chi connectivity index (χ2v) is 6.54. The largest absolute Gasteiger partial charge is 0.351 e. The number of aromatic nitrogens is 2. The maximum atomic E-state index is 9.53. The maximum Gasteiger partial charge on any atom is 0.147 e. The molecule has 1 atom stereocenters. The highest BCUT2D eigenvalue weighted by Gasteiger charge is 2.31. The quantitative estimate of drug-likeness (QED) is 0.708. The molecule has 2 aromatic heterocycles. The molecule has 0 aliphatic carbocycles. The number of hydrogen-bond acceptors (Lipinski definition) is 6. The van der Waals surface area contributed by atoms with Crippen LogP contribution in [0.15, 0.2) is 67.0 Å². The Balaban J connectivity index is 1.74. The third-order valence-electron chi connectivity index (χ3n) is 4.95. The van der Waals surface area contributed by atoms with E-state index >= 15 is 0 Å². The normalized spacial score (nSPS) is 16.3. The highest BCUT2D eigenvalue weighted by Crippen LogP contribution is 2.33. The van der Waals surface area contributed by atoms with Gasteiger partial charge in [0.05, 0.1) is 17.2 Å². The Morgan fingerprint density at radius 1 is 0.786 bits per heavy atom. The number of hydrogen-bond donors (Lipinski definition) is 0. The molecule has 1 aliphatic heterocycles. The Bertz CT molecular complexity index is 1050. The van der Waals surface area contributed by atoms with Crippen LogP contribution in [-0.4, -0.2) is 29.6 Å². The molecule has 28 heavy (non-hydrogen) atoms. The van der Waals surface area contributed by atoms with Crippen LogP contribution in [0, 0.1) is 22.7 Å². The molecule has 1 saturated heterocycles. The zero-order chi connectivity index (χ0) is 19.3. The van der Waals surface area contributed by atoms with Crippen molar-refractivity contribution in [1.29, 1.82) is 10.5 Å². The first-order chi connectivity index (χ1) is 13.8. The van der Waals surface area contributed by atoms with E-state index in [0.717, 1.165) is 5.56 Å². The van der Waals surface area contributed by atoms with E-state index in [2.05, 4.69) is 44.0 Å². The lowest BCUT2D eigenvalue weighted by atomic mass is 10.0. The summed E-state index contributed by atoms with van der Waals surface area (Å²) in [6.45, 7) is 2.01. The molecule has 136 valence electrons. The van der Waals surface area contributed by atoms with E-state index in [1.807, 2.05) is 18.2 Å². The summed E-state index contributed by atoms with van der Waals surface area (Å²) in [4.78, 5) is 13.3. The van der Waals surface area contributed by atoms with Gasteiger partial charge >= 0.3 is 0 Å². The van der Waals surface area contributed by atoms with Crippen molar-refractivity contribution in [3.63, 3.8) is 0 Å². The van der Waals surface area contributed by atoms with Crippen molar-refractivity contribution < 1.29 is 0 Å². The van der Waals surface area contributed by atoms with Crippen molar-refractivity contribution >= 4 is 11.6 Å². The third-order valence-corrected chi connectivity index (χ3v) is 4.95. The molecule has 6 heteroatoms.